The molecule has 0 N–H and O–H groups in total. The quantitative estimate of drug-likeness (QED) is 0.485. The normalized spacial score (nSPS) is 12.6. The van der Waals surface area contributed by atoms with Crippen LogP contribution in [-0.4, -0.2) is 0 Å². The van der Waals surface area contributed by atoms with Crippen molar-refractivity contribution in [3.05, 3.63) is 35.9 Å². The Kier molecular flexibility index (Phi) is 7.79. The minimum Gasteiger partial charge on any atom is -0.0654 e. The van der Waals surface area contributed by atoms with Gasteiger partial charge in [0.05, 0.1) is 0 Å². The zero-order valence-electron chi connectivity index (χ0n) is 11.6. The molecule has 0 amide bonds. The molecule has 0 fully saturated rings. The molecule has 1 aromatic carbocycles. The fourth-order valence-electron chi connectivity index (χ4n) is 2.47. The minimum atomic E-state index is 0.906. The second-order valence-corrected chi connectivity index (χ2v) is 5.19. The molecule has 0 nitrogen and oxygen atoms in total. The number of benzene rings is 1. The van der Waals surface area contributed by atoms with Crippen molar-refractivity contribution in [2.75, 3.05) is 0 Å². The van der Waals surface area contributed by atoms with Gasteiger partial charge in [0.2, 0.25) is 0 Å². The lowest BCUT2D eigenvalue weighted by Crippen LogP contribution is -2.05. The third kappa shape index (κ3) is 6.51. The predicted molar refractivity (Wildman–Crippen MR) is 77.3 cm³/mol. The van der Waals surface area contributed by atoms with Crippen LogP contribution in [0.5, 0.6) is 0 Å². The van der Waals surface area contributed by atoms with Crippen LogP contribution >= 0.6 is 0 Å². The van der Waals surface area contributed by atoms with Crippen molar-refractivity contribution in [2.45, 2.75) is 65.2 Å². The zero-order valence-corrected chi connectivity index (χ0v) is 11.6. The van der Waals surface area contributed by atoms with Crippen molar-refractivity contribution in [2.24, 2.45) is 5.92 Å². The minimum absolute atomic E-state index is 0.906. The molecule has 1 aromatic rings. The van der Waals surface area contributed by atoms with Crippen LogP contribution in [0.2, 0.25) is 0 Å². The summed E-state index contributed by atoms with van der Waals surface area (Å²) in [5, 5.41) is 0. The van der Waals surface area contributed by atoms with Gasteiger partial charge in [-0.05, 0) is 17.9 Å². The maximum absolute atomic E-state index is 2.30. The van der Waals surface area contributed by atoms with Gasteiger partial charge in [-0.1, -0.05) is 89.1 Å². The average Bonchev–Trinajstić information content (AvgIpc) is 2.37. The smallest absolute Gasteiger partial charge is 0.0250 e. The van der Waals surface area contributed by atoms with Gasteiger partial charge >= 0.3 is 0 Å². The maximum Gasteiger partial charge on any atom is -0.0250 e. The number of hydrogen-bond donors (Lipinski definition) is 0. The summed E-state index contributed by atoms with van der Waals surface area (Å²) < 4.78 is 0. The predicted octanol–water partition coefficient (Wildman–Crippen LogP) is 5.62. The summed E-state index contributed by atoms with van der Waals surface area (Å²) in [4.78, 5) is 0. The van der Waals surface area contributed by atoms with Crippen molar-refractivity contribution in [1.29, 1.82) is 0 Å². The largest absolute Gasteiger partial charge is 0.0654 e. The highest BCUT2D eigenvalue weighted by atomic mass is 14.1. The second kappa shape index (κ2) is 9.27. The van der Waals surface area contributed by atoms with E-state index in [9.17, 15) is 0 Å². The van der Waals surface area contributed by atoms with E-state index in [0.717, 1.165) is 5.92 Å². The summed E-state index contributed by atoms with van der Waals surface area (Å²) in [6.07, 6.45) is 11.0. The van der Waals surface area contributed by atoms with Crippen LogP contribution in [0.3, 0.4) is 0 Å². The lowest BCUT2D eigenvalue weighted by atomic mass is 9.89. The first-order valence-corrected chi connectivity index (χ1v) is 7.40. The van der Waals surface area contributed by atoms with Crippen LogP contribution in [0.15, 0.2) is 30.3 Å². The Balaban J connectivity index is 2.39. The van der Waals surface area contributed by atoms with Gasteiger partial charge in [0.15, 0.2) is 0 Å². The third-order valence-corrected chi connectivity index (χ3v) is 3.55. The Morgan fingerprint density at radius 1 is 0.824 bits per heavy atom. The SMILES string of the molecule is CCCCC[C@H](CCCC)Cc1ccccc1. The summed E-state index contributed by atoms with van der Waals surface area (Å²) in [5.74, 6) is 0.906. The van der Waals surface area contributed by atoms with Gasteiger partial charge in [0.25, 0.3) is 0 Å². The Labute approximate surface area is 107 Å². The van der Waals surface area contributed by atoms with E-state index in [1.807, 2.05) is 0 Å². The van der Waals surface area contributed by atoms with Crippen LogP contribution in [0, 0.1) is 5.92 Å². The highest BCUT2D eigenvalue weighted by Crippen LogP contribution is 2.21. The van der Waals surface area contributed by atoms with E-state index in [-0.39, 0.29) is 0 Å². The molecule has 0 heterocycles. The number of unbranched alkanes of at least 4 members (excludes halogenated alkanes) is 3. The van der Waals surface area contributed by atoms with E-state index < -0.39 is 0 Å². The number of hydrogen-bond acceptors (Lipinski definition) is 0. The lowest BCUT2D eigenvalue weighted by molar-refractivity contribution is 0.412. The molecular weight excluding hydrogens is 204 g/mol. The van der Waals surface area contributed by atoms with Crippen LogP contribution < -0.4 is 0 Å². The van der Waals surface area contributed by atoms with Gasteiger partial charge in [0.1, 0.15) is 0 Å². The first-order valence-electron chi connectivity index (χ1n) is 7.40. The molecule has 96 valence electrons. The second-order valence-electron chi connectivity index (χ2n) is 5.19. The van der Waals surface area contributed by atoms with Crippen LogP contribution in [0.1, 0.15) is 64.4 Å². The van der Waals surface area contributed by atoms with E-state index in [2.05, 4.69) is 44.2 Å². The summed E-state index contributed by atoms with van der Waals surface area (Å²) in [6, 6.07) is 11.0. The molecule has 1 atom stereocenters. The van der Waals surface area contributed by atoms with Gasteiger partial charge in [-0.15, -0.1) is 0 Å². The van der Waals surface area contributed by atoms with E-state index in [1.165, 1.54) is 56.9 Å². The lowest BCUT2D eigenvalue weighted by Gasteiger charge is -2.16. The molecule has 0 aliphatic rings. The molecule has 0 spiro atoms. The molecule has 0 unspecified atom stereocenters. The maximum atomic E-state index is 2.30. The van der Waals surface area contributed by atoms with Crippen molar-refractivity contribution in [3.8, 4) is 0 Å². The van der Waals surface area contributed by atoms with Crippen LogP contribution in [-0.2, 0) is 6.42 Å². The fourth-order valence-corrected chi connectivity index (χ4v) is 2.47. The van der Waals surface area contributed by atoms with E-state index in [1.54, 1.807) is 0 Å². The standard InChI is InChI=1S/C17H28/c1-3-5-8-12-16(11-6-4-2)15-17-13-9-7-10-14-17/h7,9-10,13-14,16H,3-6,8,11-12,15H2,1-2H3/t16-/m0/s1. The van der Waals surface area contributed by atoms with Crippen LogP contribution in [0.4, 0.5) is 0 Å². The highest BCUT2D eigenvalue weighted by Gasteiger charge is 2.08. The van der Waals surface area contributed by atoms with E-state index in [0.29, 0.717) is 0 Å². The summed E-state index contributed by atoms with van der Waals surface area (Å²) >= 11 is 0. The molecule has 1 rings (SSSR count). The third-order valence-electron chi connectivity index (χ3n) is 3.55. The van der Waals surface area contributed by atoms with E-state index >= 15 is 0 Å². The van der Waals surface area contributed by atoms with Gasteiger partial charge in [-0.25, -0.2) is 0 Å². The Hall–Kier alpha value is -0.780. The molecule has 0 aliphatic heterocycles. The first kappa shape index (κ1) is 14.3. The molecule has 0 bridgehead atoms. The zero-order chi connectivity index (χ0) is 12.3. The highest BCUT2D eigenvalue weighted by molar-refractivity contribution is 5.15. The Bertz CT molecular complexity index is 263. The van der Waals surface area contributed by atoms with Gasteiger partial charge < -0.3 is 0 Å². The Morgan fingerprint density at radius 2 is 1.47 bits per heavy atom. The van der Waals surface area contributed by atoms with Crippen molar-refractivity contribution >= 4 is 0 Å². The molecule has 17 heavy (non-hydrogen) atoms. The van der Waals surface area contributed by atoms with Crippen molar-refractivity contribution in [1.82, 2.24) is 0 Å². The van der Waals surface area contributed by atoms with E-state index in [4.69, 9.17) is 0 Å². The average molecular weight is 232 g/mol. The monoisotopic (exact) mass is 232 g/mol. The van der Waals surface area contributed by atoms with Gasteiger partial charge in [-0.2, -0.15) is 0 Å². The molecule has 0 aliphatic carbocycles. The van der Waals surface area contributed by atoms with Crippen molar-refractivity contribution in [3.63, 3.8) is 0 Å². The topological polar surface area (TPSA) is 0 Å². The van der Waals surface area contributed by atoms with Gasteiger partial charge in [-0.3, -0.25) is 0 Å². The van der Waals surface area contributed by atoms with Gasteiger partial charge in [0, 0.05) is 0 Å². The Morgan fingerprint density at radius 3 is 2.12 bits per heavy atom. The summed E-state index contributed by atoms with van der Waals surface area (Å²) in [5.41, 5.74) is 1.52. The number of rotatable bonds is 9. The van der Waals surface area contributed by atoms with Crippen molar-refractivity contribution < 1.29 is 0 Å². The molecule has 0 saturated heterocycles. The summed E-state index contributed by atoms with van der Waals surface area (Å²) in [6.45, 7) is 4.59. The van der Waals surface area contributed by atoms with Crippen LogP contribution in [0.25, 0.3) is 0 Å². The molecule has 0 radical (unpaired) electrons. The molecule has 0 saturated carbocycles. The molecule has 0 heteroatoms. The summed E-state index contributed by atoms with van der Waals surface area (Å²) in [7, 11) is 0. The fraction of sp³-hybridized carbons (Fsp3) is 0.647. The molecule has 0 aromatic heterocycles. The first-order chi connectivity index (χ1) is 8.36. The molecular formula is C17H28.